The summed E-state index contributed by atoms with van der Waals surface area (Å²) < 4.78 is 33.3. The number of hydrogen-bond acceptors (Lipinski definition) is 7. The maximum atomic E-state index is 11.6. The van der Waals surface area contributed by atoms with Crippen LogP contribution in [0.4, 0.5) is 0 Å². The Hall–Kier alpha value is -1.48. The minimum Gasteiger partial charge on any atom is -0.464 e. The predicted molar refractivity (Wildman–Crippen MR) is 71.3 cm³/mol. The number of ether oxygens (including phenoxy) is 2. The van der Waals surface area contributed by atoms with E-state index >= 15 is 0 Å². The first-order valence-electron chi connectivity index (χ1n) is 6.06. The van der Waals surface area contributed by atoms with E-state index in [1.54, 1.807) is 7.11 Å². The molecule has 0 aliphatic heterocycles. The fraction of sp³-hybridized carbons (Fsp3) is 0.727. The molecule has 0 aliphatic rings. The molecule has 1 rings (SSSR count). The summed E-state index contributed by atoms with van der Waals surface area (Å²) in [5, 5.41) is 7.66. The smallest absolute Gasteiger partial charge is 0.360 e. The Bertz CT molecular complexity index is 552. The lowest BCUT2D eigenvalue weighted by atomic mass is 10.2. The summed E-state index contributed by atoms with van der Waals surface area (Å²) in [5.74, 6) is -0.505. The average molecular weight is 305 g/mol. The zero-order valence-corrected chi connectivity index (χ0v) is 12.6. The summed E-state index contributed by atoms with van der Waals surface area (Å²) >= 11 is 0. The Labute approximate surface area is 118 Å². The quantitative estimate of drug-likeness (QED) is 0.607. The molecule has 20 heavy (non-hydrogen) atoms. The molecule has 0 radical (unpaired) electrons. The van der Waals surface area contributed by atoms with Crippen LogP contribution in [0.25, 0.3) is 0 Å². The van der Waals surface area contributed by atoms with Crippen molar-refractivity contribution in [2.45, 2.75) is 19.4 Å². The van der Waals surface area contributed by atoms with Gasteiger partial charge in [-0.15, -0.1) is 5.10 Å². The summed E-state index contributed by atoms with van der Waals surface area (Å²) in [6.07, 6.45) is 2.04. The van der Waals surface area contributed by atoms with Crippen molar-refractivity contribution in [3.8, 4) is 0 Å². The molecular weight excluding hydrogens is 286 g/mol. The first-order valence-corrected chi connectivity index (χ1v) is 8.12. The highest BCUT2D eigenvalue weighted by molar-refractivity contribution is 7.90. The number of aryl methyl sites for hydroxylation is 1. The first kappa shape index (κ1) is 16.6. The van der Waals surface area contributed by atoms with Gasteiger partial charge in [-0.25, -0.2) is 17.9 Å². The molecule has 0 aliphatic carbocycles. The van der Waals surface area contributed by atoms with Gasteiger partial charge in [0.15, 0.2) is 5.69 Å². The molecule has 0 spiro atoms. The zero-order valence-electron chi connectivity index (χ0n) is 11.8. The molecule has 0 saturated heterocycles. The highest BCUT2D eigenvalue weighted by Crippen LogP contribution is 2.09. The number of methoxy groups -OCH3 is 2. The number of carbonyl (C=O) groups excluding carboxylic acids is 1. The van der Waals surface area contributed by atoms with Crippen LogP contribution >= 0.6 is 0 Å². The van der Waals surface area contributed by atoms with Crippen molar-refractivity contribution in [1.29, 1.82) is 0 Å². The molecule has 0 aromatic carbocycles. The van der Waals surface area contributed by atoms with Gasteiger partial charge in [-0.1, -0.05) is 5.21 Å². The van der Waals surface area contributed by atoms with Gasteiger partial charge in [0.2, 0.25) is 0 Å². The van der Waals surface area contributed by atoms with Crippen LogP contribution in [0.1, 0.15) is 22.6 Å². The van der Waals surface area contributed by atoms with Crippen LogP contribution in [0, 0.1) is 0 Å². The van der Waals surface area contributed by atoms with Crippen LogP contribution < -0.4 is 0 Å². The molecule has 0 unspecified atom stereocenters. The van der Waals surface area contributed by atoms with Crippen LogP contribution in [0.15, 0.2) is 0 Å². The molecule has 1 aromatic heterocycles. The van der Waals surface area contributed by atoms with Crippen molar-refractivity contribution < 1.29 is 22.7 Å². The van der Waals surface area contributed by atoms with Gasteiger partial charge in [0.05, 0.1) is 25.2 Å². The molecular formula is C11H19N3O5S. The Kier molecular flexibility index (Phi) is 6.08. The van der Waals surface area contributed by atoms with Crippen LogP contribution in [-0.4, -0.2) is 62.2 Å². The second kappa shape index (κ2) is 7.34. The zero-order chi connectivity index (χ0) is 15.2. The first-order chi connectivity index (χ1) is 9.39. The largest absolute Gasteiger partial charge is 0.464 e. The molecule has 1 aromatic rings. The molecule has 0 bridgehead atoms. The number of sulfone groups is 1. The maximum Gasteiger partial charge on any atom is 0.360 e. The fourth-order valence-corrected chi connectivity index (χ4v) is 2.34. The third-order valence-corrected chi connectivity index (χ3v) is 3.67. The van der Waals surface area contributed by atoms with Gasteiger partial charge in [0.1, 0.15) is 9.84 Å². The lowest BCUT2D eigenvalue weighted by molar-refractivity contribution is 0.0592. The summed E-state index contributed by atoms with van der Waals surface area (Å²) in [5.41, 5.74) is 0.733. The topological polar surface area (TPSA) is 100 Å². The van der Waals surface area contributed by atoms with Gasteiger partial charge in [0.25, 0.3) is 0 Å². The van der Waals surface area contributed by atoms with Crippen molar-refractivity contribution in [1.82, 2.24) is 15.0 Å². The molecule has 0 atom stereocenters. The molecule has 0 N–H and O–H groups in total. The summed E-state index contributed by atoms with van der Waals surface area (Å²) in [6.45, 7) is 0.777. The van der Waals surface area contributed by atoms with E-state index in [4.69, 9.17) is 4.74 Å². The molecule has 8 nitrogen and oxygen atoms in total. The van der Waals surface area contributed by atoms with Gasteiger partial charge in [-0.05, 0) is 6.42 Å². The van der Waals surface area contributed by atoms with E-state index in [0.29, 0.717) is 31.7 Å². The standard InChI is InChI=1S/C11H19N3O5S/c1-18-7-5-9-10(11(15)19-2)12-13-14(9)6-4-8-20(3,16)17/h4-8H2,1-3H3. The van der Waals surface area contributed by atoms with Crippen LogP contribution in [-0.2, 0) is 32.3 Å². The number of aromatic nitrogens is 3. The van der Waals surface area contributed by atoms with E-state index in [-0.39, 0.29) is 11.4 Å². The highest BCUT2D eigenvalue weighted by atomic mass is 32.2. The van der Waals surface area contributed by atoms with Gasteiger partial charge >= 0.3 is 5.97 Å². The summed E-state index contributed by atoms with van der Waals surface area (Å²) in [7, 11) is -0.196. The number of nitrogens with zero attached hydrogens (tertiary/aromatic N) is 3. The monoisotopic (exact) mass is 305 g/mol. The van der Waals surface area contributed by atoms with Crippen LogP contribution in [0.2, 0.25) is 0 Å². The summed E-state index contributed by atoms with van der Waals surface area (Å²) in [4.78, 5) is 11.6. The third kappa shape index (κ3) is 4.89. The SMILES string of the molecule is COCCc1c(C(=O)OC)nnn1CCCS(C)(=O)=O. The van der Waals surface area contributed by atoms with E-state index in [1.165, 1.54) is 18.0 Å². The van der Waals surface area contributed by atoms with Crippen molar-refractivity contribution in [2.24, 2.45) is 0 Å². The van der Waals surface area contributed by atoms with E-state index in [1.807, 2.05) is 0 Å². The van der Waals surface area contributed by atoms with Crippen molar-refractivity contribution >= 4 is 15.8 Å². The lowest BCUT2D eigenvalue weighted by Crippen LogP contribution is -2.14. The van der Waals surface area contributed by atoms with E-state index in [9.17, 15) is 13.2 Å². The maximum absolute atomic E-state index is 11.6. The van der Waals surface area contributed by atoms with Crippen molar-refractivity contribution in [3.63, 3.8) is 0 Å². The second-order valence-corrected chi connectivity index (χ2v) is 6.59. The predicted octanol–water partition coefficient (Wildman–Crippen LogP) is -0.312. The minimum atomic E-state index is -3.02. The van der Waals surface area contributed by atoms with E-state index in [2.05, 4.69) is 15.0 Å². The Morgan fingerprint density at radius 2 is 2.05 bits per heavy atom. The fourth-order valence-electron chi connectivity index (χ4n) is 1.69. The number of esters is 1. The van der Waals surface area contributed by atoms with Gasteiger partial charge < -0.3 is 9.47 Å². The lowest BCUT2D eigenvalue weighted by Gasteiger charge is -2.06. The van der Waals surface area contributed by atoms with Gasteiger partial charge in [-0.2, -0.15) is 0 Å². The summed E-state index contributed by atoms with van der Waals surface area (Å²) in [6, 6.07) is 0. The minimum absolute atomic E-state index is 0.0597. The van der Waals surface area contributed by atoms with E-state index < -0.39 is 15.8 Å². The van der Waals surface area contributed by atoms with Gasteiger partial charge in [0, 0.05) is 26.3 Å². The molecule has 0 amide bonds. The molecule has 9 heteroatoms. The number of carbonyl (C=O) groups is 1. The van der Waals surface area contributed by atoms with Gasteiger partial charge in [-0.3, -0.25) is 0 Å². The van der Waals surface area contributed by atoms with Crippen LogP contribution in [0.3, 0.4) is 0 Å². The average Bonchev–Trinajstić information content (AvgIpc) is 2.77. The third-order valence-electron chi connectivity index (χ3n) is 2.64. The second-order valence-electron chi connectivity index (χ2n) is 4.33. The normalized spacial score (nSPS) is 11.6. The highest BCUT2D eigenvalue weighted by Gasteiger charge is 2.20. The Morgan fingerprint density at radius 3 is 2.60 bits per heavy atom. The van der Waals surface area contributed by atoms with Crippen molar-refractivity contribution in [2.75, 3.05) is 32.8 Å². The van der Waals surface area contributed by atoms with Crippen molar-refractivity contribution in [3.05, 3.63) is 11.4 Å². The van der Waals surface area contributed by atoms with E-state index in [0.717, 1.165) is 0 Å². The molecule has 1 heterocycles. The number of rotatable bonds is 8. The molecule has 0 saturated carbocycles. The Balaban J connectivity index is 2.83. The van der Waals surface area contributed by atoms with Crippen LogP contribution in [0.5, 0.6) is 0 Å². The molecule has 0 fully saturated rings. The number of hydrogen-bond donors (Lipinski definition) is 0. The Morgan fingerprint density at radius 1 is 1.35 bits per heavy atom. The molecule has 114 valence electrons.